The Labute approximate surface area is 234 Å². The topological polar surface area (TPSA) is 85.4 Å². The van der Waals surface area contributed by atoms with Crippen molar-refractivity contribution in [3.8, 4) is 5.75 Å². The molecule has 2 aliphatic rings. The number of hydrogen-bond acceptors (Lipinski definition) is 5. The fourth-order valence-electron chi connectivity index (χ4n) is 5.41. The summed E-state index contributed by atoms with van der Waals surface area (Å²) in [5.74, 6) is 0.434. The number of nitrogens with zero attached hydrogens (tertiary/aromatic N) is 4. The monoisotopic (exact) mass is 541 g/mol. The molecule has 2 atom stereocenters. The van der Waals surface area contributed by atoms with Crippen molar-refractivity contribution in [2.75, 3.05) is 26.7 Å². The second kappa shape index (κ2) is 12.2. The Morgan fingerprint density at radius 2 is 1.62 bits per heavy atom. The number of carbonyl (C=O) groups is 3. The van der Waals surface area contributed by atoms with Crippen molar-refractivity contribution in [1.82, 2.24) is 25.1 Å². The van der Waals surface area contributed by atoms with Crippen molar-refractivity contribution >= 4 is 17.8 Å². The number of carbonyl (C=O) groups excluding carboxylic acids is 3. The Morgan fingerprint density at radius 1 is 0.950 bits per heavy atom. The molecule has 0 aliphatic carbocycles. The maximum Gasteiger partial charge on any atom is 0.332 e. The fraction of sp³-hybridized carbons (Fsp3) is 0.323. The number of hydrazine groups is 1. The molecule has 2 heterocycles. The zero-order chi connectivity index (χ0) is 28.1. The minimum Gasteiger partial charge on any atom is -0.497 e. The number of ether oxygens (including phenoxy) is 1. The number of hydrogen-bond donors (Lipinski definition) is 1. The van der Waals surface area contributed by atoms with Gasteiger partial charge >= 0.3 is 6.03 Å². The van der Waals surface area contributed by atoms with E-state index < -0.39 is 12.2 Å². The van der Waals surface area contributed by atoms with Gasteiger partial charge in [-0.3, -0.25) is 14.6 Å². The van der Waals surface area contributed by atoms with Crippen molar-refractivity contribution in [3.63, 3.8) is 0 Å². The van der Waals surface area contributed by atoms with Crippen LogP contribution in [-0.2, 0) is 22.7 Å². The van der Waals surface area contributed by atoms with E-state index in [2.05, 4.69) is 5.32 Å². The smallest absolute Gasteiger partial charge is 0.332 e. The van der Waals surface area contributed by atoms with Gasteiger partial charge in [0.05, 0.1) is 20.2 Å². The summed E-state index contributed by atoms with van der Waals surface area (Å²) in [6.07, 6.45) is 0.231. The third kappa shape index (κ3) is 5.65. The van der Waals surface area contributed by atoms with Crippen LogP contribution in [0.1, 0.15) is 36.1 Å². The second-order valence-corrected chi connectivity index (χ2v) is 10.0. The quantitative estimate of drug-likeness (QED) is 0.446. The first-order chi connectivity index (χ1) is 19.5. The fourth-order valence-corrected chi connectivity index (χ4v) is 5.41. The molecular weight excluding hydrogens is 506 g/mol. The molecule has 0 spiro atoms. The Kier molecular flexibility index (Phi) is 8.31. The highest BCUT2D eigenvalue weighted by Gasteiger charge is 2.52. The van der Waals surface area contributed by atoms with Crippen LogP contribution in [0, 0.1) is 0 Å². The number of urea groups is 1. The van der Waals surface area contributed by atoms with Crippen LogP contribution in [0.5, 0.6) is 5.75 Å². The van der Waals surface area contributed by atoms with E-state index in [0.29, 0.717) is 26.1 Å². The van der Waals surface area contributed by atoms with Gasteiger partial charge in [0.2, 0.25) is 5.91 Å². The average Bonchev–Trinajstić information content (AvgIpc) is 3.31. The predicted octanol–water partition coefficient (Wildman–Crippen LogP) is 3.79. The van der Waals surface area contributed by atoms with Crippen LogP contribution >= 0.6 is 0 Å². The minimum absolute atomic E-state index is 0.0242. The van der Waals surface area contributed by atoms with E-state index >= 15 is 0 Å². The number of benzene rings is 3. The molecule has 4 amide bonds. The summed E-state index contributed by atoms with van der Waals surface area (Å²) in [6.45, 7) is 3.51. The SMILES string of the molecule is CCCN(C(=O)NCc1ccccc1)N1CC(=O)N2[C@@H](c3ccccc3)C(=O)N(Cc3ccc(OC)cc3)C[C@@H]21. The Morgan fingerprint density at radius 3 is 2.27 bits per heavy atom. The van der Waals surface area contributed by atoms with Crippen LogP contribution in [-0.4, -0.2) is 70.6 Å². The van der Waals surface area contributed by atoms with Crippen molar-refractivity contribution in [3.05, 3.63) is 102 Å². The van der Waals surface area contributed by atoms with Gasteiger partial charge in [-0.05, 0) is 35.2 Å². The lowest BCUT2D eigenvalue weighted by molar-refractivity contribution is -0.158. The molecule has 9 heteroatoms. The number of nitrogens with one attached hydrogen (secondary N) is 1. The molecule has 0 radical (unpaired) electrons. The summed E-state index contributed by atoms with van der Waals surface area (Å²) in [4.78, 5) is 44.4. The molecule has 9 nitrogen and oxygen atoms in total. The van der Waals surface area contributed by atoms with E-state index in [4.69, 9.17) is 4.74 Å². The van der Waals surface area contributed by atoms with Gasteiger partial charge in [0.15, 0.2) is 0 Å². The summed E-state index contributed by atoms with van der Waals surface area (Å²) < 4.78 is 5.28. The van der Waals surface area contributed by atoms with Crippen molar-refractivity contribution in [2.45, 2.75) is 38.6 Å². The molecular formula is C31H35N5O4. The molecule has 208 valence electrons. The van der Waals surface area contributed by atoms with E-state index in [1.165, 1.54) is 0 Å². The van der Waals surface area contributed by atoms with E-state index in [1.807, 2.05) is 96.9 Å². The van der Waals surface area contributed by atoms with Gasteiger partial charge in [-0.2, -0.15) is 5.01 Å². The van der Waals surface area contributed by atoms with Gasteiger partial charge in [0.1, 0.15) is 18.0 Å². The summed E-state index contributed by atoms with van der Waals surface area (Å²) in [5, 5.41) is 6.47. The van der Waals surface area contributed by atoms with Crippen molar-refractivity contribution in [1.29, 1.82) is 0 Å². The summed E-state index contributed by atoms with van der Waals surface area (Å²) in [6, 6.07) is 25.7. The second-order valence-electron chi connectivity index (χ2n) is 10.0. The van der Waals surface area contributed by atoms with Gasteiger partial charge in [-0.25, -0.2) is 4.79 Å². The minimum atomic E-state index is -0.772. The highest BCUT2D eigenvalue weighted by atomic mass is 16.5. The number of amides is 4. The van der Waals surface area contributed by atoms with Crippen molar-refractivity contribution in [2.24, 2.45) is 0 Å². The molecule has 1 N–H and O–H groups in total. The zero-order valence-electron chi connectivity index (χ0n) is 22.9. The van der Waals surface area contributed by atoms with E-state index in [0.717, 1.165) is 22.4 Å². The summed E-state index contributed by atoms with van der Waals surface area (Å²) in [7, 11) is 1.62. The van der Waals surface area contributed by atoms with Gasteiger partial charge in [0.25, 0.3) is 5.91 Å². The standard InChI is InChI=1S/C31H35N5O4/c1-3-18-34(31(39)32-19-23-10-6-4-7-11-23)35-22-28(37)36-27(35)21-33(20-24-14-16-26(40-2)17-15-24)30(38)29(36)25-12-8-5-9-13-25/h4-17,27,29H,3,18-22H2,1-2H3,(H,32,39)/t27-,29+/m1/s1. The first kappa shape index (κ1) is 27.2. The Hall–Kier alpha value is -4.37. The van der Waals surface area contributed by atoms with Gasteiger partial charge in [0, 0.05) is 19.6 Å². The Balaban J connectivity index is 1.44. The molecule has 0 aromatic heterocycles. The van der Waals surface area contributed by atoms with Crippen LogP contribution in [0.2, 0.25) is 0 Å². The number of fused-ring (bicyclic) bond motifs is 1. The number of methoxy groups -OCH3 is 1. The molecule has 5 rings (SSSR count). The molecule has 3 aromatic rings. The van der Waals surface area contributed by atoms with Gasteiger partial charge in [-0.1, -0.05) is 79.7 Å². The van der Waals surface area contributed by atoms with Crippen LogP contribution in [0.15, 0.2) is 84.9 Å². The van der Waals surface area contributed by atoms with Crippen LogP contribution in [0.4, 0.5) is 4.79 Å². The molecule has 0 bridgehead atoms. The largest absolute Gasteiger partial charge is 0.497 e. The van der Waals surface area contributed by atoms with E-state index in [9.17, 15) is 14.4 Å². The highest BCUT2D eigenvalue weighted by molar-refractivity contribution is 5.92. The molecule has 2 aliphatic heterocycles. The van der Waals surface area contributed by atoms with Gasteiger partial charge < -0.3 is 19.9 Å². The lowest BCUT2D eigenvalue weighted by Gasteiger charge is -2.46. The maximum absolute atomic E-state index is 13.9. The molecule has 0 unspecified atom stereocenters. The van der Waals surface area contributed by atoms with Crippen molar-refractivity contribution < 1.29 is 19.1 Å². The third-order valence-electron chi connectivity index (χ3n) is 7.37. The number of rotatable bonds is 9. The predicted molar refractivity (Wildman–Crippen MR) is 151 cm³/mol. The lowest BCUT2D eigenvalue weighted by atomic mass is 10.00. The van der Waals surface area contributed by atoms with Crippen LogP contribution < -0.4 is 10.1 Å². The number of piperazine rings is 1. The van der Waals surface area contributed by atoms with E-state index in [-0.39, 0.29) is 30.9 Å². The van der Waals surface area contributed by atoms with Gasteiger partial charge in [-0.15, -0.1) is 0 Å². The normalized spacial score (nSPS) is 18.9. The molecule has 3 aromatic carbocycles. The van der Waals surface area contributed by atoms with E-state index in [1.54, 1.807) is 21.9 Å². The highest BCUT2D eigenvalue weighted by Crippen LogP contribution is 2.36. The first-order valence-corrected chi connectivity index (χ1v) is 13.6. The maximum atomic E-state index is 13.9. The summed E-state index contributed by atoms with van der Waals surface area (Å²) >= 11 is 0. The summed E-state index contributed by atoms with van der Waals surface area (Å²) in [5.41, 5.74) is 2.70. The van der Waals surface area contributed by atoms with Crippen LogP contribution in [0.3, 0.4) is 0 Å². The first-order valence-electron chi connectivity index (χ1n) is 13.6. The Bertz CT molecular complexity index is 1320. The van der Waals surface area contributed by atoms with Crippen LogP contribution in [0.25, 0.3) is 0 Å². The average molecular weight is 542 g/mol. The lowest BCUT2D eigenvalue weighted by Crippen LogP contribution is -2.62. The zero-order valence-corrected chi connectivity index (χ0v) is 22.9. The molecule has 2 fully saturated rings. The third-order valence-corrected chi connectivity index (χ3v) is 7.37. The molecule has 0 saturated carbocycles. The molecule has 40 heavy (non-hydrogen) atoms. The molecule has 2 saturated heterocycles.